The number of hydrogen-bond donors (Lipinski definition) is 1. The minimum absolute atomic E-state index is 0.124. The van der Waals surface area contributed by atoms with Crippen LogP contribution < -0.4 is 5.43 Å². The van der Waals surface area contributed by atoms with Crippen LogP contribution in [0, 0.1) is 0 Å². The van der Waals surface area contributed by atoms with Gasteiger partial charge in [-0.2, -0.15) is 5.10 Å². The lowest BCUT2D eigenvalue weighted by Crippen LogP contribution is -2.18. The molecule has 0 atom stereocenters. The highest BCUT2D eigenvalue weighted by molar-refractivity contribution is 7.14. The first-order chi connectivity index (χ1) is 10.7. The number of hydrogen-bond acceptors (Lipinski definition) is 4. The molecule has 1 aliphatic carbocycles. The maximum Gasteiger partial charge on any atom is 0.281 e. The van der Waals surface area contributed by atoms with Gasteiger partial charge in [0.15, 0.2) is 0 Å². The molecule has 0 aliphatic heterocycles. The van der Waals surface area contributed by atoms with Crippen molar-refractivity contribution in [2.45, 2.75) is 39.0 Å². The largest absolute Gasteiger partial charge is 0.281 e. The van der Waals surface area contributed by atoms with Crippen molar-refractivity contribution in [3.63, 3.8) is 0 Å². The molecule has 0 saturated heterocycles. The fourth-order valence-electron chi connectivity index (χ4n) is 2.61. The number of carbonyl (C=O) groups excluding carboxylic acids is 1. The number of aromatic nitrogens is 1. The molecule has 0 saturated carbocycles. The maximum absolute atomic E-state index is 12.3. The number of rotatable bonds is 3. The van der Waals surface area contributed by atoms with Crippen molar-refractivity contribution in [1.29, 1.82) is 0 Å². The highest BCUT2D eigenvalue weighted by Crippen LogP contribution is 2.28. The zero-order chi connectivity index (χ0) is 15.4. The Morgan fingerprint density at radius 2 is 2.18 bits per heavy atom. The summed E-state index contributed by atoms with van der Waals surface area (Å²) in [5, 5.41) is 4.18. The maximum atomic E-state index is 12.3. The van der Waals surface area contributed by atoms with Crippen LogP contribution in [-0.2, 0) is 12.8 Å². The molecule has 4 nitrogen and oxygen atoms in total. The molecule has 1 amide bonds. The topological polar surface area (TPSA) is 54.4 Å². The second-order valence-electron chi connectivity index (χ2n) is 5.50. The summed E-state index contributed by atoms with van der Waals surface area (Å²) < 4.78 is 0. The quantitative estimate of drug-likeness (QED) is 0.535. The molecule has 0 spiro atoms. The Hall–Kier alpha value is -2.01. The van der Waals surface area contributed by atoms with Crippen LogP contribution in [-0.4, -0.2) is 16.6 Å². The highest BCUT2D eigenvalue weighted by Gasteiger charge is 2.16. The van der Waals surface area contributed by atoms with Gasteiger partial charge in [-0.3, -0.25) is 9.78 Å². The normalized spacial score (nSPS) is 15.0. The van der Waals surface area contributed by atoms with Gasteiger partial charge in [-0.25, -0.2) is 5.43 Å². The van der Waals surface area contributed by atoms with E-state index in [0.717, 1.165) is 29.0 Å². The van der Waals surface area contributed by atoms with Gasteiger partial charge < -0.3 is 0 Å². The number of pyridine rings is 1. The van der Waals surface area contributed by atoms with Gasteiger partial charge in [-0.05, 0) is 50.3 Å². The van der Waals surface area contributed by atoms with Crippen LogP contribution in [0.4, 0.5) is 0 Å². The van der Waals surface area contributed by atoms with Crippen molar-refractivity contribution in [3.8, 4) is 0 Å². The lowest BCUT2D eigenvalue weighted by molar-refractivity contribution is 0.0959. The van der Waals surface area contributed by atoms with E-state index in [2.05, 4.69) is 15.5 Å². The third-order valence-corrected chi connectivity index (χ3v) is 5.11. The van der Waals surface area contributed by atoms with Crippen molar-refractivity contribution >= 4 is 23.0 Å². The number of hydrazone groups is 1. The predicted molar refractivity (Wildman–Crippen MR) is 89.5 cm³/mol. The summed E-state index contributed by atoms with van der Waals surface area (Å²) >= 11 is 1.61. The van der Waals surface area contributed by atoms with E-state index in [1.807, 2.05) is 25.1 Å². The number of fused-ring (bicyclic) bond motifs is 1. The van der Waals surface area contributed by atoms with E-state index in [-0.39, 0.29) is 5.91 Å². The van der Waals surface area contributed by atoms with Gasteiger partial charge in [0.05, 0.1) is 10.6 Å². The Labute approximate surface area is 134 Å². The summed E-state index contributed by atoms with van der Waals surface area (Å²) in [6.07, 6.45) is 9.39. The molecular weight excluding hydrogens is 294 g/mol. The Kier molecular flexibility index (Phi) is 4.63. The molecule has 0 unspecified atom stereocenters. The molecule has 2 aromatic heterocycles. The molecule has 5 heteroatoms. The van der Waals surface area contributed by atoms with E-state index in [1.165, 1.54) is 29.7 Å². The standard InChI is InChI=1S/C17H19N3OS/c1-12(14-7-5-9-18-11-14)19-20-17(21)16-10-13-6-3-2-4-8-15(13)22-16/h5,7,9-11H,2-4,6,8H2,1H3,(H,20,21)/b19-12-. The molecule has 22 heavy (non-hydrogen) atoms. The van der Waals surface area contributed by atoms with E-state index in [0.29, 0.717) is 0 Å². The van der Waals surface area contributed by atoms with Crippen molar-refractivity contribution < 1.29 is 4.79 Å². The number of nitrogens with one attached hydrogen (secondary N) is 1. The number of carbonyl (C=O) groups is 1. The number of thiophene rings is 1. The minimum atomic E-state index is -0.124. The van der Waals surface area contributed by atoms with Crippen molar-refractivity contribution in [1.82, 2.24) is 10.4 Å². The Bertz CT molecular complexity index is 668. The van der Waals surface area contributed by atoms with Gasteiger partial charge in [-0.1, -0.05) is 12.5 Å². The third kappa shape index (κ3) is 3.42. The van der Waals surface area contributed by atoms with Gasteiger partial charge in [-0.15, -0.1) is 11.3 Å². The average molecular weight is 313 g/mol. The van der Waals surface area contributed by atoms with Crippen molar-refractivity contribution in [3.05, 3.63) is 51.5 Å². The van der Waals surface area contributed by atoms with Crippen LogP contribution in [0.25, 0.3) is 0 Å². The highest BCUT2D eigenvalue weighted by atomic mass is 32.1. The summed E-state index contributed by atoms with van der Waals surface area (Å²) in [4.78, 5) is 18.4. The third-order valence-electron chi connectivity index (χ3n) is 3.87. The number of nitrogens with zero attached hydrogens (tertiary/aromatic N) is 2. The molecule has 3 rings (SSSR count). The summed E-state index contributed by atoms with van der Waals surface area (Å²) in [5.74, 6) is -0.124. The molecule has 2 aromatic rings. The van der Waals surface area contributed by atoms with Crippen LogP contribution in [0.5, 0.6) is 0 Å². The Balaban J connectivity index is 1.70. The molecule has 0 radical (unpaired) electrons. The Morgan fingerprint density at radius 3 is 3.00 bits per heavy atom. The second-order valence-corrected chi connectivity index (χ2v) is 6.64. The first kappa shape index (κ1) is 14.9. The van der Waals surface area contributed by atoms with Gasteiger partial charge >= 0.3 is 0 Å². The first-order valence-corrected chi connectivity index (χ1v) is 8.42. The fraction of sp³-hybridized carbons (Fsp3) is 0.353. The molecule has 2 heterocycles. The zero-order valence-corrected chi connectivity index (χ0v) is 13.4. The molecular formula is C17H19N3OS. The SMILES string of the molecule is C/C(=N/NC(=O)c1cc2c(s1)CCCCC2)c1cccnc1. The molecule has 1 N–H and O–H groups in total. The van der Waals surface area contributed by atoms with E-state index in [9.17, 15) is 4.79 Å². The van der Waals surface area contributed by atoms with Crippen LogP contribution in [0.15, 0.2) is 35.7 Å². The zero-order valence-electron chi connectivity index (χ0n) is 12.6. The van der Waals surface area contributed by atoms with E-state index in [1.54, 1.807) is 23.7 Å². The van der Waals surface area contributed by atoms with Gasteiger partial charge in [0, 0.05) is 22.8 Å². The van der Waals surface area contributed by atoms with Crippen molar-refractivity contribution in [2.24, 2.45) is 5.10 Å². The molecule has 0 bridgehead atoms. The van der Waals surface area contributed by atoms with Crippen LogP contribution in [0.2, 0.25) is 0 Å². The fourth-order valence-corrected chi connectivity index (χ4v) is 3.75. The Morgan fingerprint density at radius 1 is 1.32 bits per heavy atom. The first-order valence-electron chi connectivity index (χ1n) is 7.60. The lowest BCUT2D eigenvalue weighted by Gasteiger charge is -2.01. The predicted octanol–water partition coefficient (Wildman–Crippen LogP) is 3.57. The van der Waals surface area contributed by atoms with Gasteiger partial charge in [0.25, 0.3) is 5.91 Å². The summed E-state index contributed by atoms with van der Waals surface area (Å²) in [5.41, 5.74) is 5.66. The average Bonchev–Trinajstić information content (AvgIpc) is 2.84. The lowest BCUT2D eigenvalue weighted by atomic mass is 10.1. The van der Waals surface area contributed by atoms with Gasteiger partial charge in [0.2, 0.25) is 0 Å². The second kappa shape index (κ2) is 6.83. The van der Waals surface area contributed by atoms with Crippen LogP contribution in [0.3, 0.4) is 0 Å². The smallest absolute Gasteiger partial charge is 0.266 e. The molecule has 0 aromatic carbocycles. The van der Waals surface area contributed by atoms with Crippen LogP contribution >= 0.6 is 11.3 Å². The van der Waals surface area contributed by atoms with E-state index >= 15 is 0 Å². The summed E-state index contributed by atoms with van der Waals surface area (Å²) in [6.45, 7) is 1.86. The summed E-state index contributed by atoms with van der Waals surface area (Å²) in [6, 6.07) is 5.81. The minimum Gasteiger partial charge on any atom is -0.266 e. The molecule has 1 aliphatic rings. The van der Waals surface area contributed by atoms with Crippen molar-refractivity contribution in [2.75, 3.05) is 0 Å². The van der Waals surface area contributed by atoms with Gasteiger partial charge in [0.1, 0.15) is 0 Å². The molecule has 0 fully saturated rings. The number of aryl methyl sites for hydroxylation is 2. The summed E-state index contributed by atoms with van der Waals surface area (Å²) in [7, 11) is 0. The molecule has 114 valence electrons. The number of amides is 1. The van der Waals surface area contributed by atoms with E-state index in [4.69, 9.17) is 0 Å². The van der Waals surface area contributed by atoms with Crippen LogP contribution in [0.1, 0.15) is 51.9 Å². The monoisotopic (exact) mass is 313 g/mol. The van der Waals surface area contributed by atoms with E-state index < -0.39 is 0 Å².